The number of piperazine rings is 1. The number of hydrogen-bond donors (Lipinski definition) is 1. The van der Waals surface area contributed by atoms with Crippen molar-refractivity contribution in [2.45, 2.75) is 20.0 Å². The van der Waals surface area contributed by atoms with Crippen molar-refractivity contribution in [3.05, 3.63) is 35.9 Å². The van der Waals surface area contributed by atoms with E-state index in [1.807, 2.05) is 23.1 Å². The van der Waals surface area contributed by atoms with Gasteiger partial charge in [-0.3, -0.25) is 9.79 Å². The highest BCUT2D eigenvalue weighted by atomic mass is 127. The zero-order valence-corrected chi connectivity index (χ0v) is 17.6. The molecule has 6 nitrogen and oxygen atoms in total. The predicted octanol–water partition coefficient (Wildman–Crippen LogP) is 2.12. The molecule has 0 spiro atoms. The van der Waals surface area contributed by atoms with Gasteiger partial charge in [-0.05, 0) is 12.5 Å². The van der Waals surface area contributed by atoms with Crippen molar-refractivity contribution in [2.24, 2.45) is 4.99 Å². The van der Waals surface area contributed by atoms with Crippen LogP contribution in [0.1, 0.15) is 25.5 Å². The summed E-state index contributed by atoms with van der Waals surface area (Å²) in [7, 11) is 1.71. The van der Waals surface area contributed by atoms with Gasteiger partial charge < -0.3 is 19.9 Å². The number of hydrogen-bond acceptors (Lipinski definition) is 3. The summed E-state index contributed by atoms with van der Waals surface area (Å²) in [6.45, 7) is 8.15. The van der Waals surface area contributed by atoms with Gasteiger partial charge >= 0.3 is 0 Å². The van der Waals surface area contributed by atoms with Crippen LogP contribution in [0.4, 0.5) is 0 Å². The predicted molar refractivity (Wildman–Crippen MR) is 111 cm³/mol. The lowest BCUT2D eigenvalue weighted by Gasteiger charge is -2.36. The Bertz CT molecular complexity index is 545. The summed E-state index contributed by atoms with van der Waals surface area (Å²) in [5, 5.41) is 3.34. The van der Waals surface area contributed by atoms with Gasteiger partial charge in [0.15, 0.2) is 5.96 Å². The maximum atomic E-state index is 11.5. The quantitative estimate of drug-likeness (QED) is 0.416. The fraction of sp³-hybridized carbons (Fsp3) is 0.556. The molecule has 1 aromatic carbocycles. The summed E-state index contributed by atoms with van der Waals surface area (Å²) >= 11 is 0. The molecular weight excluding hydrogens is 431 g/mol. The Labute approximate surface area is 167 Å². The van der Waals surface area contributed by atoms with E-state index in [1.54, 1.807) is 14.0 Å². The van der Waals surface area contributed by atoms with Crippen LogP contribution < -0.4 is 5.32 Å². The maximum Gasteiger partial charge on any atom is 0.219 e. The maximum absolute atomic E-state index is 11.5. The Morgan fingerprint density at radius 1 is 1.20 bits per heavy atom. The minimum atomic E-state index is -0.0571. The largest absolute Gasteiger partial charge is 0.375 e. The van der Waals surface area contributed by atoms with Crippen molar-refractivity contribution in [1.82, 2.24) is 15.1 Å². The summed E-state index contributed by atoms with van der Waals surface area (Å²) in [6.07, 6.45) is -0.0571. The van der Waals surface area contributed by atoms with Crippen LogP contribution in [0.3, 0.4) is 0 Å². The molecule has 1 saturated heterocycles. The molecule has 2 rings (SSSR count). The van der Waals surface area contributed by atoms with E-state index in [0.717, 1.165) is 44.2 Å². The molecule has 1 heterocycles. The van der Waals surface area contributed by atoms with Crippen LogP contribution in [0.15, 0.2) is 35.3 Å². The summed E-state index contributed by atoms with van der Waals surface area (Å²) < 4.78 is 5.59. The van der Waals surface area contributed by atoms with Gasteiger partial charge in [-0.15, -0.1) is 24.0 Å². The van der Waals surface area contributed by atoms with Gasteiger partial charge in [-0.2, -0.15) is 0 Å². The van der Waals surface area contributed by atoms with Gasteiger partial charge in [0.05, 0.1) is 6.54 Å². The Balaban J connectivity index is 0.00000312. The lowest BCUT2D eigenvalue weighted by Crippen LogP contribution is -2.53. The number of nitrogens with one attached hydrogen (secondary N) is 1. The number of amides is 1. The molecule has 0 aliphatic carbocycles. The average molecular weight is 460 g/mol. The smallest absolute Gasteiger partial charge is 0.219 e. The second-order valence-corrected chi connectivity index (χ2v) is 5.82. The number of rotatable bonds is 5. The van der Waals surface area contributed by atoms with Gasteiger partial charge in [0, 0.05) is 46.8 Å². The Hall–Kier alpha value is -1.35. The van der Waals surface area contributed by atoms with Crippen LogP contribution >= 0.6 is 24.0 Å². The van der Waals surface area contributed by atoms with E-state index in [-0.39, 0.29) is 36.0 Å². The van der Waals surface area contributed by atoms with Crippen LogP contribution in [0.2, 0.25) is 0 Å². The van der Waals surface area contributed by atoms with Crippen molar-refractivity contribution in [3.63, 3.8) is 0 Å². The molecule has 1 fully saturated rings. The number of nitrogens with zero attached hydrogens (tertiary/aromatic N) is 3. The summed E-state index contributed by atoms with van der Waals surface area (Å²) in [6, 6.07) is 10.1. The van der Waals surface area contributed by atoms with Crippen LogP contribution in [0.5, 0.6) is 0 Å². The average Bonchev–Trinajstić information content (AvgIpc) is 2.62. The SMILES string of the molecule is CCNC(=NCC(OC)c1ccccc1)N1CCN(C(C)=O)CC1.I. The Morgan fingerprint density at radius 3 is 2.32 bits per heavy atom. The summed E-state index contributed by atoms with van der Waals surface area (Å²) in [5.74, 6) is 1.03. The summed E-state index contributed by atoms with van der Waals surface area (Å²) in [4.78, 5) is 20.3. The number of ether oxygens (including phenoxy) is 1. The van der Waals surface area contributed by atoms with Crippen molar-refractivity contribution >= 4 is 35.8 Å². The van der Waals surface area contributed by atoms with Gasteiger partial charge in [0.25, 0.3) is 0 Å². The van der Waals surface area contributed by atoms with Crippen molar-refractivity contribution < 1.29 is 9.53 Å². The normalized spacial score (nSPS) is 16.2. The molecular formula is C18H29IN4O2. The van der Waals surface area contributed by atoms with Crippen molar-refractivity contribution in [2.75, 3.05) is 46.4 Å². The van der Waals surface area contributed by atoms with Crippen LogP contribution in [-0.2, 0) is 9.53 Å². The molecule has 1 aromatic rings. The number of guanidine groups is 1. The number of aliphatic imine (C=N–C) groups is 1. The van der Waals surface area contributed by atoms with Crippen LogP contribution in [-0.4, -0.2) is 68.0 Å². The molecule has 0 aromatic heterocycles. The third-order valence-corrected chi connectivity index (χ3v) is 4.22. The van der Waals surface area contributed by atoms with Crippen molar-refractivity contribution in [1.29, 1.82) is 0 Å². The molecule has 140 valence electrons. The van der Waals surface area contributed by atoms with E-state index in [0.29, 0.717) is 6.54 Å². The minimum Gasteiger partial charge on any atom is -0.375 e. The molecule has 0 bridgehead atoms. The highest BCUT2D eigenvalue weighted by Crippen LogP contribution is 2.16. The molecule has 1 atom stereocenters. The zero-order valence-electron chi connectivity index (χ0n) is 15.3. The topological polar surface area (TPSA) is 57.2 Å². The third-order valence-electron chi connectivity index (χ3n) is 4.22. The van der Waals surface area contributed by atoms with E-state index in [4.69, 9.17) is 9.73 Å². The van der Waals surface area contributed by atoms with E-state index >= 15 is 0 Å². The molecule has 0 radical (unpaired) electrons. The number of carbonyl (C=O) groups excluding carboxylic acids is 1. The first kappa shape index (κ1) is 21.7. The second kappa shape index (κ2) is 11.3. The fourth-order valence-corrected chi connectivity index (χ4v) is 2.81. The molecule has 1 N–H and O–H groups in total. The lowest BCUT2D eigenvalue weighted by atomic mass is 10.1. The van der Waals surface area contributed by atoms with Gasteiger partial charge in [0.2, 0.25) is 5.91 Å². The minimum absolute atomic E-state index is 0. The van der Waals surface area contributed by atoms with Gasteiger partial charge in [-0.25, -0.2) is 0 Å². The molecule has 1 aliphatic heterocycles. The van der Waals surface area contributed by atoms with E-state index in [2.05, 4.69) is 29.3 Å². The summed E-state index contributed by atoms with van der Waals surface area (Å²) in [5.41, 5.74) is 1.13. The molecule has 1 amide bonds. The highest BCUT2D eigenvalue weighted by molar-refractivity contribution is 14.0. The monoisotopic (exact) mass is 460 g/mol. The standard InChI is InChI=1S/C18H28N4O2.HI/c1-4-19-18(22-12-10-21(11-13-22)15(2)23)20-14-17(24-3)16-8-6-5-7-9-16;/h5-9,17H,4,10-14H2,1-3H3,(H,19,20);1H. The Kier molecular flexibility index (Phi) is 9.81. The Morgan fingerprint density at radius 2 is 1.80 bits per heavy atom. The van der Waals surface area contributed by atoms with Crippen LogP contribution in [0, 0.1) is 0 Å². The first-order chi connectivity index (χ1) is 11.7. The van der Waals surface area contributed by atoms with Gasteiger partial charge in [-0.1, -0.05) is 30.3 Å². The first-order valence-electron chi connectivity index (χ1n) is 8.52. The number of halogens is 1. The van der Waals surface area contributed by atoms with E-state index < -0.39 is 0 Å². The fourth-order valence-electron chi connectivity index (χ4n) is 2.81. The molecule has 7 heteroatoms. The number of carbonyl (C=O) groups is 1. The zero-order chi connectivity index (χ0) is 17.4. The second-order valence-electron chi connectivity index (χ2n) is 5.82. The van der Waals surface area contributed by atoms with Crippen molar-refractivity contribution in [3.8, 4) is 0 Å². The molecule has 25 heavy (non-hydrogen) atoms. The number of benzene rings is 1. The lowest BCUT2D eigenvalue weighted by molar-refractivity contribution is -0.130. The van der Waals surface area contributed by atoms with E-state index in [1.165, 1.54) is 0 Å². The first-order valence-corrected chi connectivity index (χ1v) is 8.52. The van der Waals surface area contributed by atoms with Gasteiger partial charge in [0.1, 0.15) is 6.10 Å². The van der Waals surface area contributed by atoms with Crippen LogP contribution in [0.25, 0.3) is 0 Å². The van der Waals surface area contributed by atoms with E-state index in [9.17, 15) is 4.79 Å². The molecule has 1 aliphatic rings. The number of methoxy groups -OCH3 is 1. The molecule has 1 unspecified atom stereocenters. The molecule has 0 saturated carbocycles. The highest BCUT2D eigenvalue weighted by Gasteiger charge is 2.21. The third kappa shape index (κ3) is 6.47.